The van der Waals surface area contributed by atoms with Gasteiger partial charge in [-0.25, -0.2) is 9.18 Å². The van der Waals surface area contributed by atoms with Gasteiger partial charge in [-0.05, 0) is 25.0 Å². The number of carbonyl (C=O) groups is 2. The molecule has 0 heterocycles. The van der Waals surface area contributed by atoms with Crippen LogP contribution in [0.25, 0.3) is 0 Å². The van der Waals surface area contributed by atoms with E-state index in [-0.39, 0.29) is 17.5 Å². The first kappa shape index (κ1) is 17.8. The van der Waals surface area contributed by atoms with E-state index in [0.717, 1.165) is 23.9 Å². The molecule has 0 radical (unpaired) electrons. The van der Waals surface area contributed by atoms with Gasteiger partial charge in [-0.1, -0.05) is 25.4 Å². The van der Waals surface area contributed by atoms with Gasteiger partial charge in [0.1, 0.15) is 11.1 Å². The number of hydrogen-bond acceptors (Lipinski definition) is 4. The SMILES string of the molecule is CCOC(=O)C(Sc1cc(C(=O)O)c(F)cc1Cl)C(C)C. The first-order valence-corrected chi connectivity index (χ1v) is 7.59. The fraction of sp³-hybridized carbons (Fsp3) is 0.429. The zero-order valence-corrected chi connectivity index (χ0v) is 13.4. The number of carboxylic acids is 1. The van der Waals surface area contributed by atoms with Crippen molar-refractivity contribution < 1.29 is 23.8 Å². The van der Waals surface area contributed by atoms with Crippen LogP contribution in [0, 0.1) is 11.7 Å². The molecule has 0 saturated carbocycles. The zero-order valence-electron chi connectivity index (χ0n) is 11.9. The fourth-order valence-electron chi connectivity index (χ4n) is 1.60. The van der Waals surface area contributed by atoms with Crippen LogP contribution in [0.15, 0.2) is 17.0 Å². The second-order valence-electron chi connectivity index (χ2n) is 4.60. The molecule has 0 aliphatic carbocycles. The van der Waals surface area contributed by atoms with Gasteiger partial charge in [0.15, 0.2) is 0 Å². The van der Waals surface area contributed by atoms with E-state index < -0.39 is 28.6 Å². The smallest absolute Gasteiger partial charge is 0.338 e. The van der Waals surface area contributed by atoms with Crippen molar-refractivity contribution >= 4 is 35.3 Å². The number of rotatable bonds is 6. The van der Waals surface area contributed by atoms with Gasteiger partial charge in [0.25, 0.3) is 0 Å². The lowest BCUT2D eigenvalue weighted by atomic mass is 10.1. The summed E-state index contributed by atoms with van der Waals surface area (Å²) in [6, 6.07) is 2.08. The molecule has 21 heavy (non-hydrogen) atoms. The number of thioether (sulfide) groups is 1. The largest absolute Gasteiger partial charge is 0.478 e. The summed E-state index contributed by atoms with van der Waals surface area (Å²) in [5.41, 5.74) is -0.478. The molecule has 0 aliphatic heterocycles. The van der Waals surface area contributed by atoms with E-state index in [2.05, 4.69) is 0 Å². The number of esters is 1. The van der Waals surface area contributed by atoms with Gasteiger partial charge in [0.2, 0.25) is 0 Å². The maximum atomic E-state index is 13.5. The number of aromatic carboxylic acids is 1. The minimum absolute atomic E-state index is 0.0524. The van der Waals surface area contributed by atoms with E-state index in [0.29, 0.717) is 4.90 Å². The first-order valence-electron chi connectivity index (χ1n) is 6.33. The predicted octanol–water partition coefficient (Wildman–Crippen LogP) is 3.86. The highest BCUT2D eigenvalue weighted by molar-refractivity contribution is 8.00. The summed E-state index contributed by atoms with van der Waals surface area (Å²) < 4.78 is 18.5. The van der Waals surface area contributed by atoms with Crippen molar-refractivity contribution in [3.63, 3.8) is 0 Å². The number of hydrogen-bond donors (Lipinski definition) is 1. The van der Waals surface area contributed by atoms with E-state index in [9.17, 15) is 14.0 Å². The van der Waals surface area contributed by atoms with Gasteiger partial charge in [-0.3, -0.25) is 4.79 Å². The Morgan fingerprint density at radius 1 is 1.43 bits per heavy atom. The lowest BCUT2D eigenvalue weighted by Gasteiger charge is -2.19. The molecule has 4 nitrogen and oxygen atoms in total. The van der Waals surface area contributed by atoms with Crippen molar-refractivity contribution in [3.05, 3.63) is 28.5 Å². The monoisotopic (exact) mass is 334 g/mol. The average molecular weight is 335 g/mol. The van der Waals surface area contributed by atoms with Crippen molar-refractivity contribution in [1.29, 1.82) is 0 Å². The number of carboxylic acid groups (broad SMARTS) is 1. The van der Waals surface area contributed by atoms with E-state index in [1.54, 1.807) is 6.92 Å². The second kappa shape index (κ2) is 7.66. The molecule has 1 aromatic carbocycles. The summed E-state index contributed by atoms with van der Waals surface area (Å²) in [7, 11) is 0. The Morgan fingerprint density at radius 3 is 2.52 bits per heavy atom. The molecule has 0 amide bonds. The first-order chi connectivity index (χ1) is 9.77. The molecule has 1 rings (SSSR count). The van der Waals surface area contributed by atoms with Gasteiger partial charge in [0.05, 0.1) is 17.2 Å². The molecule has 1 atom stereocenters. The molecule has 7 heteroatoms. The summed E-state index contributed by atoms with van der Waals surface area (Å²) in [5.74, 6) is -2.75. The standard InChI is InChI=1S/C14H16ClFO4S/c1-4-20-14(19)12(7(2)3)21-11-5-8(13(17)18)10(16)6-9(11)15/h5-7,12H,4H2,1-3H3,(H,17,18). The van der Waals surface area contributed by atoms with Gasteiger partial charge in [-0.15, -0.1) is 11.8 Å². The zero-order chi connectivity index (χ0) is 16.2. The van der Waals surface area contributed by atoms with Crippen molar-refractivity contribution in [3.8, 4) is 0 Å². The lowest BCUT2D eigenvalue weighted by Crippen LogP contribution is -2.25. The van der Waals surface area contributed by atoms with Crippen LogP contribution >= 0.6 is 23.4 Å². The molecule has 1 aromatic rings. The Bertz CT molecular complexity index is 548. The van der Waals surface area contributed by atoms with Crippen LogP contribution in [-0.2, 0) is 9.53 Å². The third-order valence-electron chi connectivity index (χ3n) is 2.63. The molecule has 1 unspecified atom stereocenters. The highest BCUT2D eigenvalue weighted by Crippen LogP contribution is 2.35. The number of ether oxygens (including phenoxy) is 1. The normalized spacial score (nSPS) is 12.3. The van der Waals surface area contributed by atoms with Crippen molar-refractivity contribution in [2.75, 3.05) is 6.61 Å². The molecule has 1 N–H and O–H groups in total. The van der Waals surface area contributed by atoms with E-state index in [1.165, 1.54) is 0 Å². The Hall–Kier alpha value is -1.27. The molecule has 0 spiro atoms. The van der Waals surface area contributed by atoms with E-state index in [1.807, 2.05) is 13.8 Å². The van der Waals surface area contributed by atoms with Crippen molar-refractivity contribution in [2.45, 2.75) is 30.9 Å². The molecule has 116 valence electrons. The molecule has 0 saturated heterocycles. The average Bonchev–Trinajstić information content (AvgIpc) is 2.36. The second-order valence-corrected chi connectivity index (χ2v) is 6.19. The van der Waals surface area contributed by atoms with Crippen molar-refractivity contribution in [2.24, 2.45) is 5.92 Å². The highest BCUT2D eigenvalue weighted by atomic mass is 35.5. The van der Waals surface area contributed by atoms with Crippen LogP contribution in [0.3, 0.4) is 0 Å². The minimum Gasteiger partial charge on any atom is -0.478 e. The summed E-state index contributed by atoms with van der Waals surface area (Å²) >= 11 is 7.01. The molecule has 0 aliphatic rings. The third kappa shape index (κ3) is 4.61. The topological polar surface area (TPSA) is 63.6 Å². The lowest BCUT2D eigenvalue weighted by molar-refractivity contribution is -0.143. The summed E-state index contributed by atoms with van der Waals surface area (Å²) in [5, 5.41) is 8.45. The van der Waals surface area contributed by atoms with Gasteiger partial charge < -0.3 is 9.84 Å². The molecule has 0 fully saturated rings. The quantitative estimate of drug-likeness (QED) is 0.632. The Kier molecular flexibility index (Phi) is 6.48. The van der Waals surface area contributed by atoms with Crippen molar-refractivity contribution in [1.82, 2.24) is 0 Å². The minimum atomic E-state index is -1.39. The van der Waals surface area contributed by atoms with Crippen LogP contribution in [0.1, 0.15) is 31.1 Å². The molecule has 0 bridgehead atoms. The van der Waals surface area contributed by atoms with Crippen LogP contribution in [-0.4, -0.2) is 28.9 Å². The van der Waals surface area contributed by atoms with Gasteiger partial charge in [-0.2, -0.15) is 0 Å². The summed E-state index contributed by atoms with van der Waals surface area (Å²) in [4.78, 5) is 23.2. The van der Waals surface area contributed by atoms with E-state index in [4.69, 9.17) is 21.4 Å². The highest BCUT2D eigenvalue weighted by Gasteiger charge is 2.26. The molecular formula is C14H16ClFO4S. The maximum absolute atomic E-state index is 13.5. The molecule has 0 aromatic heterocycles. The summed E-state index contributed by atoms with van der Waals surface area (Å²) in [6.07, 6.45) is 0. The van der Waals surface area contributed by atoms with Gasteiger partial charge >= 0.3 is 11.9 Å². The number of carbonyl (C=O) groups excluding carboxylic acids is 1. The van der Waals surface area contributed by atoms with Crippen LogP contribution in [0.2, 0.25) is 5.02 Å². The number of halogens is 2. The fourth-order valence-corrected chi connectivity index (χ4v) is 2.95. The molecular weight excluding hydrogens is 319 g/mol. The maximum Gasteiger partial charge on any atom is 0.338 e. The Morgan fingerprint density at radius 2 is 2.05 bits per heavy atom. The summed E-state index contributed by atoms with van der Waals surface area (Å²) in [6.45, 7) is 5.63. The third-order valence-corrected chi connectivity index (χ3v) is 4.64. The Labute approximate surface area is 131 Å². The predicted molar refractivity (Wildman–Crippen MR) is 79.5 cm³/mol. The van der Waals surface area contributed by atoms with Crippen LogP contribution < -0.4 is 0 Å². The Balaban J connectivity index is 3.12. The van der Waals surface area contributed by atoms with E-state index >= 15 is 0 Å². The van der Waals surface area contributed by atoms with Crippen LogP contribution in [0.4, 0.5) is 4.39 Å². The van der Waals surface area contributed by atoms with Gasteiger partial charge in [0, 0.05) is 4.90 Å². The number of benzene rings is 1. The van der Waals surface area contributed by atoms with Crippen LogP contribution in [0.5, 0.6) is 0 Å².